The van der Waals surface area contributed by atoms with Crippen molar-refractivity contribution < 1.29 is 34.1 Å². The fourth-order valence-electron chi connectivity index (χ4n) is 3.71. The molecule has 0 aromatic carbocycles. The zero-order valence-corrected chi connectivity index (χ0v) is 17.5. The van der Waals surface area contributed by atoms with E-state index in [1.165, 1.54) is 0 Å². The van der Waals surface area contributed by atoms with Gasteiger partial charge in [0.05, 0.1) is 30.4 Å². The van der Waals surface area contributed by atoms with Crippen molar-refractivity contribution in [1.82, 2.24) is 5.32 Å². The maximum Gasteiger partial charge on any atom is 0.309 e. The number of amides is 1. The molecular formula is C20H35NO7. The molecule has 3 N–H and O–H groups in total. The van der Waals surface area contributed by atoms with Gasteiger partial charge in [-0.2, -0.15) is 0 Å². The van der Waals surface area contributed by atoms with Crippen LogP contribution in [0.3, 0.4) is 0 Å². The molecule has 1 rings (SSSR count). The number of carbonyl (C=O) groups excluding carboxylic acids is 2. The molecule has 0 bridgehead atoms. The van der Waals surface area contributed by atoms with Crippen molar-refractivity contribution >= 4 is 17.8 Å². The molecule has 0 aliphatic heterocycles. The number of rotatable bonds is 11. The molecule has 162 valence electrons. The van der Waals surface area contributed by atoms with Crippen LogP contribution in [-0.2, 0) is 23.9 Å². The molecule has 1 fully saturated rings. The van der Waals surface area contributed by atoms with Gasteiger partial charge in [-0.3, -0.25) is 14.4 Å². The van der Waals surface area contributed by atoms with Crippen molar-refractivity contribution in [2.45, 2.75) is 77.4 Å². The minimum absolute atomic E-state index is 0.295. The lowest BCUT2D eigenvalue weighted by atomic mass is 9.75. The van der Waals surface area contributed by atoms with E-state index >= 15 is 0 Å². The van der Waals surface area contributed by atoms with Crippen LogP contribution in [0, 0.1) is 11.3 Å². The van der Waals surface area contributed by atoms with Gasteiger partial charge < -0.3 is 25.0 Å². The third kappa shape index (κ3) is 7.75. The van der Waals surface area contributed by atoms with Gasteiger partial charge >= 0.3 is 11.9 Å². The van der Waals surface area contributed by atoms with Gasteiger partial charge in [-0.15, -0.1) is 0 Å². The third-order valence-electron chi connectivity index (χ3n) is 5.07. The van der Waals surface area contributed by atoms with Crippen LogP contribution in [-0.4, -0.2) is 60.0 Å². The first kappa shape index (κ1) is 24.4. The molecule has 0 spiro atoms. The summed E-state index contributed by atoms with van der Waals surface area (Å²) in [4.78, 5) is 36.7. The van der Waals surface area contributed by atoms with Crippen LogP contribution in [0.4, 0.5) is 0 Å². The largest absolute Gasteiger partial charge is 0.481 e. The number of carbonyl (C=O) groups is 3. The van der Waals surface area contributed by atoms with Crippen molar-refractivity contribution in [3.63, 3.8) is 0 Å². The summed E-state index contributed by atoms with van der Waals surface area (Å²) in [5.41, 5.74) is -1.39. The number of aliphatic hydroxyl groups excluding tert-OH is 1. The summed E-state index contributed by atoms with van der Waals surface area (Å²) in [5, 5.41) is 21.0. The van der Waals surface area contributed by atoms with Crippen LogP contribution in [0.1, 0.15) is 65.7 Å². The predicted octanol–water partition coefficient (Wildman–Crippen LogP) is 1.88. The number of aliphatic carboxylic acids is 1. The summed E-state index contributed by atoms with van der Waals surface area (Å²) in [6.45, 7) is 5.32. The van der Waals surface area contributed by atoms with Gasteiger partial charge in [-0.1, -0.05) is 12.8 Å². The Morgan fingerprint density at radius 3 is 2.25 bits per heavy atom. The fourth-order valence-corrected chi connectivity index (χ4v) is 3.71. The Labute approximate surface area is 167 Å². The first-order valence-corrected chi connectivity index (χ1v) is 9.88. The van der Waals surface area contributed by atoms with Crippen LogP contribution in [0.25, 0.3) is 0 Å². The van der Waals surface area contributed by atoms with E-state index in [1.54, 1.807) is 27.9 Å². The van der Waals surface area contributed by atoms with Gasteiger partial charge in [0.2, 0.25) is 5.91 Å². The highest BCUT2D eigenvalue weighted by Crippen LogP contribution is 2.44. The molecule has 0 unspecified atom stereocenters. The molecule has 0 aromatic heterocycles. The Morgan fingerprint density at radius 2 is 1.79 bits per heavy atom. The molecule has 0 aromatic rings. The Hall–Kier alpha value is -1.67. The third-order valence-corrected chi connectivity index (χ3v) is 5.07. The summed E-state index contributed by atoms with van der Waals surface area (Å²) < 4.78 is 10.7. The molecule has 1 aliphatic carbocycles. The van der Waals surface area contributed by atoms with E-state index in [9.17, 15) is 19.5 Å². The number of esters is 1. The summed E-state index contributed by atoms with van der Waals surface area (Å²) in [6, 6.07) is -0.846. The fraction of sp³-hybridized carbons (Fsp3) is 0.850. The molecule has 1 saturated carbocycles. The zero-order chi connectivity index (χ0) is 21.4. The maximum absolute atomic E-state index is 13.0. The highest BCUT2D eigenvalue weighted by atomic mass is 16.6. The summed E-state index contributed by atoms with van der Waals surface area (Å²) in [5.74, 6) is -2.23. The van der Waals surface area contributed by atoms with Crippen molar-refractivity contribution in [2.75, 3.05) is 20.3 Å². The van der Waals surface area contributed by atoms with Gasteiger partial charge in [0, 0.05) is 13.7 Å². The number of nitrogens with one attached hydrogen (secondary N) is 1. The maximum atomic E-state index is 13.0. The van der Waals surface area contributed by atoms with Crippen molar-refractivity contribution in [1.29, 1.82) is 0 Å². The molecule has 0 saturated heterocycles. The number of methoxy groups -OCH3 is 1. The van der Waals surface area contributed by atoms with Gasteiger partial charge in [0.25, 0.3) is 0 Å². The molecule has 0 heterocycles. The molecule has 1 amide bonds. The lowest BCUT2D eigenvalue weighted by Gasteiger charge is -2.33. The summed E-state index contributed by atoms with van der Waals surface area (Å²) in [7, 11) is 1.56. The van der Waals surface area contributed by atoms with Crippen LogP contribution < -0.4 is 5.32 Å². The number of ether oxygens (including phenoxy) is 2. The molecule has 1 aliphatic rings. The van der Waals surface area contributed by atoms with Crippen molar-refractivity contribution in [2.24, 2.45) is 11.3 Å². The van der Waals surface area contributed by atoms with Crippen LogP contribution >= 0.6 is 0 Å². The molecule has 8 nitrogen and oxygen atoms in total. The number of hydrogen-bond donors (Lipinski definition) is 3. The van der Waals surface area contributed by atoms with Crippen LogP contribution in [0.2, 0.25) is 0 Å². The van der Waals surface area contributed by atoms with E-state index in [1.807, 2.05) is 0 Å². The molecule has 28 heavy (non-hydrogen) atoms. The highest BCUT2D eigenvalue weighted by Gasteiger charge is 2.45. The van der Waals surface area contributed by atoms with E-state index in [4.69, 9.17) is 14.6 Å². The van der Waals surface area contributed by atoms with Gasteiger partial charge in [0.15, 0.2) is 0 Å². The number of carboxylic acids is 1. The average molecular weight is 402 g/mol. The Bertz CT molecular complexity index is 535. The second kappa shape index (κ2) is 10.8. The van der Waals surface area contributed by atoms with E-state index in [0.717, 1.165) is 12.8 Å². The van der Waals surface area contributed by atoms with Gasteiger partial charge in [-0.05, 0) is 46.5 Å². The van der Waals surface area contributed by atoms with Crippen LogP contribution in [0.5, 0.6) is 0 Å². The van der Waals surface area contributed by atoms with Crippen molar-refractivity contribution in [3.05, 3.63) is 0 Å². The number of carboxylic acid groups (broad SMARTS) is 1. The SMILES string of the molecule is COCC[C@@H](CC1(C(=O)N[C@H](CO)CC(=O)O)CCCC1)C(=O)OC(C)(C)C. The minimum Gasteiger partial charge on any atom is -0.481 e. The molecule has 2 atom stereocenters. The normalized spacial score (nSPS) is 18.3. The van der Waals surface area contributed by atoms with E-state index in [0.29, 0.717) is 32.3 Å². The predicted molar refractivity (Wildman–Crippen MR) is 103 cm³/mol. The highest BCUT2D eigenvalue weighted by molar-refractivity contribution is 5.85. The lowest BCUT2D eigenvalue weighted by molar-refractivity contribution is -0.162. The Balaban J connectivity index is 2.96. The monoisotopic (exact) mass is 401 g/mol. The average Bonchev–Trinajstić information content (AvgIpc) is 3.05. The summed E-state index contributed by atoms with van der Waals surface area (Å²) in [6.07, 6.45) is 3.38. The Kier molecular flexibility index (Phi) is 9.36. The molecular weight excluding hydrogens is 366 g/mol. The minimum atomic E-state index is -1.09. The first-order valence-electron chi connectivity index (χ1n) is 9.88. The van der Waals surface area contributed by atoms with E-state index in [-0.39, 0.29) is 18.3 Å². The van der Waals surface area contributed by atoms with E-state index in [2.05, 4.69) is 5.32 Å². The lowest BCUT2D eigenvalue weighted by Crippen LogP contribution is -2.48. The van der Waals surface area contributed by atoms with Gasteiger partial charge in [-0.25, -0.2) is 0 Å². The van der Waals surface area contributed by atoms with Crippen molar-refractivity contribution in [3.8, 4) is 0 Å². The second-order valence-corrected chi connectivity index (χ2v) is 8.65. The summed E-state index contributed by atoms with van der Waals surface area (Å²) >= 11 is 0. The molecule has 0 radical (unpaired) electrons. The standard InChI is InChI=1S/C20H35NO7/c1-19(2,3)28-17(25)14(7-10-27-4)12-20(8-5-6-9-20)18(26)21-15(13-22)11-16(23)24/h14-15,22H,5-13H2,1-4H3,(H,21,26)(H,23,24)/t14-,15-/m0/s1. The Morgan fingerprint density at radius 1 is 1.18 bits per heavy atom. The van der Waals surface area contributed by atoms with E-state index < -0.39 is 35.6 Å². The topological polar surface area (TPSA) is 122 Å². The first-order chi connectivity index (χ1) is 13.0. The number of aliphatic hydroxyl groups is 1. The molecule has 8 heteroatoms. The zero-order valence-electron chi connectivity index (χ0n) is 17.5. The smallest absolute Gasteiger partial charge is 0.309 e. The second-order valence-electron chi connectivity index (χ2n) is 8.65. The quantitative estimate of drug-likeness (QED) is 0.452. The number of hydrogen-bond acceptors (Lipinski definition) is 6. The van der Waals surface area contributed by atoms with Crippen LogP contribution in [0.15, 0.2) is 0 Å². The van der Waals surface area contributed by atoms with Gasteiger partial charge in [0.1, 0.15) is 5.60 Å².